The highest BCUT2D eigenvalue weighted by Crippen LogP contribution is 2.10. The fraction of sp³-hybridized carbons (Fsp3) is 0.833. The normalized spacial score (nSPS) is 13.2. The standard InChI is InChI=1S/C6H16N4S/c1-8-10(3)6(11-4)5-9(2)7/h6H,1,5,7H2,2-4H3. The SMILES string of the molecule is C=NN(C)C(CN(C)N)SC. The van der Waals surface area contributed by atoms with Gasteiger partial charge in [0.1, 0.15) is 5.37 Å². The molecule has 0 radical (unpaired) electrons. The Hall–Kier alpha value is -0.260. The third-order valence-electron chi connectivity index (χ3n) is 1.36. The molecule has 0 aromatic rings. The maximum atomic E-state index is 5.49. The second-order valence-corrected chi connectivity index (χ2v) is 3.36. The van der Waals surface area contributed by atoms with E-state index in [9.17, 15) is 0 Å². The van der Waals surface area contributed by atoms with Gasteiger partial charge >= 0.3 is 0 Å². The van der Waals surface area contributed by atoms with E-state index in [1.807, 2.05) is 20.4 Å². The van der Waals surface area contributed by atoms with Crippen molar-refractivity contribution >= 4 is 18.5 Å². The number of nitrogens with zero attached hydrogens (tertiary/aromatic N) is 3. The second-order valence-electron chi connectivity index (χ2n) is 2.35. The highest BCUT2D eigenvalue weighted by atomic mass is 32.2. The number of hydrazone groups is 1. The first-order valence-corrected chi connectivity index (χ1v) is 4.58. The molecule has 1 atom stereocenters. The van der Waals surface area contributed by atoms with E-state index in [-0.39, 0.29) is 5.37 Å². The minimum atomic E-state index is 0.280. The molecule has 0 saturated carbocycles. The van der Waals surface area contributed by atoms with Crippen LogP contribution in [0.25, 0.3) is 0 Å². The Morgan fingerprint density at radius 1 is 1.64 bits per heavy atom. The molecule has 11 heavy (non-hydrogen) atoms. The molecule has 0 aliphatic heterocycles. The number of hydrogen-bond acceptors (Lipinski definition) is 5. The van der Waals surface area contributed by atoms with Crippen molar-refractivity contribution < 1.29 is 0 Å². The highest BCUT2D eigenvalue weighted by Gasteiger charge is 2.11. The first-order chi connectivity index (χ1) is 5.11. The van der Waals surface area contributed by atoms with E-state index in [1.54, 1.807) is 21.8 Å². The lowest BCUT2D eigenvalue weighted by Gasteiger charge is -2.25. The van der Waals surface area contributed by atoms with Gasteiger partial charge in [-0.2, -0.15) is 5.10 Å². The van der Waals surface area contributed by atoms with E-state index >= 15 is 0 Å². The van der Waals surface area contributed by atoms with E-state index in [0.717, 1.165) is 6.54 Å². The predicted molar refractivity (Wildman–Crippen MR) is 51.4 cm³/mol. The Balaban J connectivity index is 3.83. The summed E-state index contributed by atoms with van der Waals surface area (Å²) in [5, 5.41) is 7.51. The van der Waals surface area contributed by atoms with Crippen LogP contribution in [0, 0.1) is 0 Å². The van der Waals surface area contributed by atoms with Gasteiger partial charge in [0.2, 0.25) is 0 Å². The quantitative estimate of drug-likeness (QED) is 0.278. The summed E-state index contributed by atoms with van der Waals surface area (Å²) in [6.07, 6.45) is 2.02. The lowest BCUT2D eigenvalue weighted by molar-refractivity contribution is 0.248. The molecule has 0 amide bonds. The maximum absolute atomic E-state index is 5.49. The summed E-state index contributed by atoms with van der Waals surface area (Å²) in [7, 11) is 3.72. The van der Waals surface area contributed by atoms with Crippen molar-refractivity contribution in [3.63, 3.8) is 0 Å². The van der Waals surface area contributed by atoms with Gasteiger partial charge < -0.3 is 0 Å². The van der Waals surface area contributed by atoms with Crippen LogP contribution in [0.5, 0.6) is 0 Å². The molecule has 4 nitrogen and oxygen atoms in total. The average Bonchev–Trinajstić information content (AvgIpc) is 1.98. The van der Waals surface area contributed by atoms with Crippen molar-refractivity contribution in [1.29, 1.82) is 0 Å². The fourth-order valence-electron chi connectivity index (χ4n) is 0.683. The zero-order valence-corrected chi connectivity index (χ0v) is 8.14. The Labute approximate surface area is 72.4 Å². The van der Waals surface area contributed by atoms with Crippen molar-refractivity contribution in [1.82, 2.24) is 10.0 Å². The number of nitrogens with two attached hydrogens (primary N) is 1. The molecule has 0 heterocycles. The molecule has 0 aromatic carbocycles. The molecular weight excluding hydrogens is 160 g/mol. The third-order valence-corrected chi connectivity index (χ3v) is 2.35. The summed E-state index contributed by atoms with van der Waals surface area (Å²) in [5.74, 6) is 5.49. The molecule has 0 rings (SSSR count). The number of hydrazine groups is 1. The molecule has 0 aromatic heterocycles. The van der Waals surface area contributed by atoms with Gasteiger partial charge in [-0.15, -0.1) is 11.8 Å². The minimum absolute atomic E-state index is 0.280. The molecule has 0 spiro atoms. The van der Waals surface area contributed by atoms with Gasteiger partial charge in [0.25, 0.3) is 0 Å². The van der Waals surface area contributed by atoms with Crippen LogP contribution in [0.4, 0.5) is 0 Å². The number of likely N-dealkylation sites (N-methyl/N-ethyl adjacent to an activating group) is 2. The monoisotopic (exact) mass is 176 g/mol. The molecule has 66 valence electrons. The van der Waals surface area contributed by atoms with Crippen LogP contribution in [-0.4, -0.2) is 49.0 Å². The van der Waals surface area contributed by atoms with Crippen LogP contribution in [0.3, 0.4) is 0 Å². The summed E-state index contributed by atoms with van der Waals surface area (Å²) in [4.78, 5) is 0. The van der Waals surface area contributed by atoms with Crippen LogP contribution in [0.15, 0.2) is 5.10 Å². The van der Waals surface area contributed by atoms with Crippen molar-refractivity contribution in [3.05, 3.63) is 0 Å². The van der Waals surface area contributed by atoms with E-state index in [4.69, 9.17) is 5.84 Å². The van der Waals surface area contributed by atoms with Crippen LogP contribution < -0.4 is 5.84 Å². The zero-order valence-electron chi connectivity index (χ0n) is 7.32. The molecule has 0 fully saturated rings. The van der Waals surface area contributed by atoms with Gasteiger partial charge in [-0.1, -0.05) is 0 Å². The van der Waals surface area contributed by atoms with Gasteiger partial charge in [-0.05, 0) is 6.26 Å². The highest BCUT2D eigenvalue weighted by molar-refractivity contribution is 7.99. The first-order valence-electron chi connectivity index (χ1n) is 3.30. The largest absolute Gasteiger partial charge is 0.286 e. The topological polar surface area (TPSA) is 44.9 Å². The van der Waals surface area contributed by atoms with Gasteiger partial charge in [-0.3, -0.25) is 10.9 Å². The molecule has 0 saturated heterocycles. The molecule has 1 unspecified atom stereocenters. The summed E-state index contributed by atoms with van der Waals surface area (Å²) in [6, 6.07) is 0. The summed E-state index contributed by atoms with van der Waals surface area (Å²) in [5.41, 5.74) is 0. The molecule has 0 bridgehead atoms. The Kier molecular flexibility index (Phi) is 5.27. The molecule has 5 heteroatoms. The zero-order chi connectivity index (χ0) is 8.85. The first kappa shape index (κ1) is 10.7. The molecular formula is C6H16N4S. The van der Waals surface area contributed by atoms with Crippen LogP contribution in [0.1, 0.15) is 0 Å². The molecule has 2 N–H and O–H groups in total. The van der Waals surface area contributed by atoms with Crippen LogP contribution >= 0.6 is 11.8 Å². The van der Waals surface area contributed by atoms with E-state index in [0.29, 0.717) is 0 Å². The third kappa shape index (κ3) is 4.23. The number of hydrogen-bond donors (Lipinski definition) is 1. The predicted octanol–water partition coefficient (Wildman–Crippen LogP) is 0.0284. The maximum Gasteiger partial charge on any atom is 0.106 e. The Morgan fingerprint density at radius 2 is 2.18 bits per heavy atom. The van der Waals surface area contributed by atoms with E-state index < -0.39 is 0 Å². The van der Waals surface area contributed by atoms with Gasteiger partial charge in [-0.25, -0.2) is 5.01 Å². The van der Waals surface area contributed by atoms with E-state index in [1.165, 1.54) is 0 Å². The molecule has 0 aliphatic rings. The van der Waals surface area contributed by atoms with Crippen LogP contribution in [-0.2, 0) is 0 Å². The number of rotatable bonds is 5. The number of thioether (sulfide) groups is 1. The van der Waals surface area contributed by atoms with Crippen molar-refractivity contribution in [2.24, 2.45) is 10.9 Å². The van der Waals surface area contributed by atoms with Crippen molar-refractivity contribution in [3.8, 4) is 0 Å². The Morgan fingerprint density at radius 3 is 2.45 bits per heavy atom. The van der Waals surface area contributed by atoms with Gasteiger partial charge in [0, 0.05) is 27.4 Å². The fourth-order valence-corrected chi connectivity index (χ4v) is 1.44. The minimum Gasteiger partial charge on any atom is -0.286 e. The lowest BCUT2D eigenvalue weighted by atomic mass is 10.6. The van der Waals surface area contributed by atoms with Gasteiger partial charge in [0.15, 0.2) is 0 Å². The lowest BCUT2D eigenvalue weighted by Crippen LogP contribution is -2.39. The van der Waals surface area contributed by atoms with E-state index in [2.05, 4.69) is 11.8 Å². The van der Waals surface area contributed by atoms with Gasteiger partial charge in [0.05, 0.1) is 0 Å². The Bertz CT molecular complexity index is 117. The summed E-state index contributed by atoms with van der Waals surface area (Å²) < 4.78 is 0. The summed E-state index contributed by atoms with van der Waals surface area (Å²) in [6.45, 7) is 4.21. The second kappa shape index (κ2) is 5.40. The van der Waals surface area contributed by atoms with Crippen molar-refractivity contribution in [2.45, 2.75) is 5.37 Å². The average molecular weight is 176 g/mol. The van der Waals surface area contributed by atoms with Crippen LogP contribution in [0.2, 0.25) is 0 Å². The molecule has 0 aliphatic carbocycles. The van der Waals surface area contributed by atoms with Crippen molar-refractivity contribution in [2.75, 3.05) is 26.9 Å². The smallest absolute Gasteiger partial charge is 0.106 e. The summed E-state index contributed by atoms with van der Waals surface area (Å²) >= 11 is 1.70.